The molecule has 0 saturated heterocycles. The molecular weight excluding hydrogens is 224 g/mol. The van der Waals surface area contributed by atoms with Gasteiger partial charge in [-0.15, -0.1) is 0 Å². The molecule has 0 radical (unpaired) electrons. The van der Waals surface area contributed by atoms with Crippen LogP contribution < -0.4 is 0 Å². The molecule has 0 bridgehead atoms. The topological polar surface area (TPSA) is 55.7 Å². The van der Waals surface area contributed by atoms with Gasteiger partial charge in [0.2, 0.25) is 0 Å². The van der Waals surface area contributed by atoms with Crippen LogP contribution in [0.1, 0.15) is 25.2 Å². The molecule has 0 amide bonds. The van der Waals surface area contributed by atoms with Gasteiger partial charge >= 0.3 is 0 Å². The largest absolute Gasteiger partial charge is 0.342 e. The van der Waals surface area contributed by atoms with E-state index < -0.39 is 5.54 Å². The highest BCUT2D eigenvalue weighted by atomic mass is 15.2. The quantitative estimate of drug-likeness (QED) is 0.900. The molecule has 2 aromatic rings. The van der Waals surface area contributed by atoms with Crippen molar-refractivity contribution in [3.8, 4) is 6.07 Å². The Morgan fingerprint density at radius 2 is 2.17 bits per heavy atom. The van der Waals surface area contributed by atoms with Crippen LogP contribution >= 0.6 is 0 Å². The van der Waals surface area contributed by atoms with Gasteiger partial charge in [-0.2, -0.15) is 5.26 Å². The van der Waals surface area contributed by atoms with E-state index in [1.54, 1.807) is 0 Å². The van der Waals surface area contributed by atoms with Gasteiger partial charge in [0.1, 0.15) is 11.4 Å². The lowest BCUT2D eigenvalue weighted by molar-refractivity contribution is 0.203. The highest BCUT2D eigenvalue weighted by Crippen LogP contribution is 2.18. The van der Waals surface area contributed by atoms with Crippen molar-refractivity contribution in [2.75, 3.05) is 7.05 Å². The molecular formula is C14H18N4. The summed E-state index contributed by atoms with van der Waals surface area (Å²) in [5.41, 5.74) is 2.75. The number of rotatable bonds is 3. The van der Waals surface area contributed by atoms with E-state index in [0.717, 1.165) is 23.4 Å². The Labute approximate surface area is 107 Å². The van der Waals surface area contributed by atoms with Gasteiger partial charge in [-0.05, 0) is 45.5 Å². The lowest BCUT2D eigenvalue weighted by atomic mass is 10.0. The van der Waals surface area contributed by atoms with Crippen LogP contribution in [0.15, 0.2) is 18.2 Å². The third-order valence-electron chi connectivity index (χ3n) is 3.31. The van der Waals surface area contributed by atoms with Crippen molar-refractivity contribution in [1.82, 2.24) is 14.9 Å². The Kier molecular flexibility index (Phi) is 3.10. The minimum absolute atomic E-state index is 0.459. The first-order valence-electron chi connectivity index (χ1n) is 6.00. The zero-order valence-corrected chi connectivity index (χ0v) is 11.3. The molecule has 1 aromatic heterocycles. The molecule has 4 nitrogen and oxygen atoms in total. The van der Waals surface area contributed by atoms with Crippen molar-refractivity contribution < 1.29 is 0 Å². The second-order valence-electron chi connectivity index (χ2n) is 5.20. The summed E-state index contributed by atoms with van der Waals surface area (Å²) in [6, 6.07) is 8.48. The van der Waals surface area contributed by atoms with E-state index in [1.807, 2.05) is 38.8 Å². The molecule has 0 aliphatic carbocycles. The first-order valence-corrected chi connectivity index (χ1v) is 6.00. The summed E-state index contributed by atoms with van der Waals surface area (Å²) in [5.74, 6) is 0.924. The zero-order chi connectivity index (χ0) is 13.3. The van der Waals surface area contributed by atoms with Gasteiger partial charge in [0, 0.05) is 6.54 Å². The van der Waals surface area contributed by atoms with Gasteiger partial charge in [-0.3, -0.25) is 4.90 Å². The lowest BCUT2D eigenvalue weighted by Crippen LogP contribution is -2.38. The summed E-state index contributed by atoms with van der Waals surface area (Å²) in [6.45, 7) is 6.54. The number of aryl methyl sites for hydroxylation is 1. The Morgan fingerprint density at radius 1 is 1.44 bits per heavy atom. The van der Waals surface area contributed by atoms with Gasteiger partial charge in [0.05, 0.1) is 17.1 Å². The van der Waals surface area contributed by atoms with Gasteiger partial charge < -0.3 is 4.98 Å². The molecule has 0 atom stereocenters. The molecule has 18 heavy (non-hydrogen) atoms. The van der Waals surface area contributed by atoms with E-state index >= 15 is 0 Å². The van der Waals surface area contributed by atoms with E-state index in [4.69, 9.17) is 5.26 Å². The number of aromatic amines is 1. The molecule has 0 saturated carbocycles. The summed E-state index contributed by atoms with van der Waals surface area (Å²) < 4.78 is 0. The van der Waals surface area contributed by atoms with Gasteiger partial charge in [0.25, 0.3) is 0 Å². The third kappa shape index (κ3) is 2.36. The van der Waals surface area contributed by atoms with Crippen molar-refractivity contribution in [2.45, 2.75) is 32.9 Å². The van der Waals surface area contributed by atoms with Crippen molar-refractivity contribution in [3.05, 3.63) is 29.6 Å². The summed E-state index contributed by atoms with van der Waals surface area (Å²) >= 11 is 0. The predicted octanol–water partition coefficient (Wildman–Crippen LogP) is 2.61. The van der Waals surface area contributed by atoms with E-state index in [2.05, 4.69) is 28.2 Å². The van der Waals surface area contributed by atoms with Crippen LogP contribution in [0.5, 0.6) is 0 Å². The summed E-state index contributed by atoms with van der Waals surface area (Å²) in [6.07, 6.45) is 0. The maximum Gasteiger partial charge on any atom is 0.104 e. The fourth-order valence-corrected chi connectivity index (χ4v) is 1.84. The number of imidazole rings is 1. The van der Waals surface area contributed by atoms with Crippen LogP contribution in [0, 0.1) is 18.3 Å². The third-order valence-corrected chi connectivity index (χ3v) is 3.31. The first-order chi connectivity index (χ1) is 8.42. The monoisotopic (exact) mass is 242 g/mol. The number of benzene rings is 1. The van der Waals surface area contributed by atoms with E-state index in [1.165, 1.54) is 5.56 Å². The van der Waals surface area contributed by atoms with Crippen LogP contribution in [-0.4, -0.2) is 27.5 Å². The van der Waals surface area contributed by atoms with E-state index in [9.17, 15) is 0 Å². The maximum absolute atomic E-state index is 9.11. The molecule has 1 aromatic carbocycles. The molecule has 0 fully saturated rings. The number of hydrogen-bond acceptors (Lipinski definition) is 3. The van der Waals surface area contributed by atoms with Crippen LogP contribution in [0.2, 0.25) is 0 Å². The zero-order valence-electron chi connectivity index (χ0n) is 11.3. The van der Waals surface area contributed by atoms with Crippen molar-refractivity contribution in [1.29, 1.82) is 5.26 Å². The molecule has 1 N–H and O–H groups in total. The molecule has 1 heterocycles. The Morgan fingerprint density at radius 3 is 2.83 bits per heavy atom. The molecule has 2 rings (SSSR count). The van der Waals surface area contributed by atoms with Gasteiger partial charge in [-0.25, -0.2) is 4.98 Å². The molecule has 0 aliphatic heterocycles. The number of aromatic nitrogens is 2. The average Bonchev–Trinajstić information content (AvgIpc) is 2.68. The van der Waals surface area contributed by atoms with E-state index in [0.29, 0.717) is 0 Å². The maximum atomic E-state index is 9.11. The highest BCUT2D eigenvalue weighted by Gasteiger charge is 2.22. The van der Waals surface area contributed by atoms with Crippen LogP contribution in [0.4, 0.5) is 0 Å². The Balaban J connectivity index is 2.25. The summed E-state index contributed by atoms with van der Waals surface area (Å²) in [4.78, 5) is 9.65. The first kappa shape index (κ1) is 12.6. The standard InChI is InChI=1S/C14H18N4/c1-10-16-12-6-5-11(7-13(12)17-10)8-18(4)14(2,3)9-15/h5-7H,8H2,1-4H3,(H,16,17). The van der Waals surface area contributed by atoms with Gasteiger partial charge in [0.15, 0.2) is 0 Å². The lowest BCUT2D eigenvalue weighted by Gasteiger charge is -2.28. The fraction of sp³-hybridized carbons (Fsp3) is 0.429. The molecule has 94 valence electrons. The Hall–Kier alpha value is -1.86. The van der Waals surface area contributed by atoms with E-state index in [-0.39, 0.29) is 0 Å². The molecule has 0 unspecified atom stereocenters. The van der Waals surface area contributed by atoms with Gasteiger partial charge in [-0.1, -0.05) is 6.07 Å². The smallest absolute Gasteiger partial charge is 0.104 e. The molecule has 0 aliphatic rings. The Bertz CT molecular complexity index is 604. The summed E-state index contributed by atoms with van der Waals surface area (Å²) in [7, 11) is 1.96. The van der Waals surface area contributed by atoms with Crippen molar-refractivity contribution >= 4 is 11.0 Å². The van der Waals surface area contributed by atoms with Crippen LogP contribution in [0.3, 0.4) is 0 Å². The number of nitriles is 1. The van der Waals surface area contributed by atoms with Crippen molar-refractivity contribution in [2.24, 2.45) is 0 Å². The summed E-state index contributed by atoms with van der Waals surface area (Å²) in [5, 5.41) is 9.11. The van der Waals surface area contributed by atoms with Crippen LogP contribution in [-0.2, 0) is 6.54 Å². The SMILES string of the molecule is Cc1nc2ccc(CN(C)C(C)(C)C#N)cc2[nH]1. The highest BCUT2D eigenvalue weighted by molar-refractivity contribution is 5.75. The number of nitrogens with zero attached hydrogens (tertiary/aromatic N) is 3. The predicted molar refractivity (Wildman–Crippen MR) is 72.0 cm³/mol. The number of nitrogens with one attached hydrogen (secondary N) is 1. The van der Waals surface area contributed by atoms with Crippen molar-refractivity contribution in [3.63, 3.8) is 0 Å². The minimum Gasteiger partial charge on any atom is -0.342 e. The number of hydrogen-bond donors (Lipinski definition) is 1. The molecule has 0 spiro atoms. The average molecular weight is 242 g/mol. The second kappa shape index (κ2) is 4.43. The van der Waals surface area contributed by atoms with Crippen LogP contribution in [0.25, 0.3) is 11.0 Å². The minimum atomic E-state index is -0.459. The number of fused-ring (bicyclic) bond motifs is 1. The number of H-pyrrole nitrogens is 1. The normalized spacial score (nSPS) is 12.0. The fourth-order valence-electron chi connectivity index (χ4n) is 1.84. The molecule has 4 heteroatoms. The second-order valence-corrected chi connectivity index (χ2v) is 5.20.